The van der Waals surface area contributed by atoms with Gasteiger partial charge in [0.1, 0.15) is 0 Å². The number of carbonyl (C=O) groups excluding carboxylic acids is 1. The topological polar surface area (TPSA) is 57.6 Å². The number of hydrogen-bond donors (Lipinski definition) is 1. The summed E-state index contributed by atoms with van der Waals surface area (Å²) in [6, 6.07) is 21.7. The van der Waals surface area contributed by atoms with Gasteiger partial charge < -0.3 is 10.0 Å². The van der Waals surface area contributed by atoms with Crippen molar-refractivity contribution in [1.82, 2.24) is 0 Å². The van der Waals surface area contributed by atoms with E-state index >= 15 is 0 Å². The fraction of sp³-hybridized carbons (Fsp3) is 0.217. The summed E-state index contributed by atoms with van der Waals surface area (Å²) in [5.41, 5.74) is 2.77. The van der Waals surface area contributed by atoms with Crippen molar-refractivity contribution >= 4 is 28.3 Å². The summed E-state index contributed by atoms with van der Waals surface area (Å²) in [6.45, 7) is 2.34. The predicted octanol–water partition coefficient (Wildman–Crippen LogP) is 4.55. The molecule has 1 heterocycles. The molecule has 0 spiro atoms. The number of benzene rings is 3. The molecule has 0 fully saturated rings. The fourth-order valence-electron chi connectivity index (χ4n) is 4.08. The Morgan fingerprint density at radius 2 is 1.74 bits per heavy atom. The van der Waals surface area contributed by atoms with Crippen LogP contribution in [0.2, 0.25) is 0 Å². The van der Waals surface area contributed by atoms with Crippen molar-refractivity contribution in [1.29, 1.82) is 0 Å². The maximum Gasteiger partial charge on any atom is 0.304 e. The molecular formula is C23H21NO3. The van der Waals surface area contributed by atoms with Crippen molar-refractivity contribution < 1.29 is 14.7 Å². The highest BCUT2D eigenvalue weighted by molar-refractivity contribution is 6.02. The lowest BCUT2D eigenvalue weighted by molar-refractivity contribution is -0.137. The summed E-state index contributed by atoms with van der Waals surface area (Å²) >= 11 is 0. The van der Waals surface area contributed by atoms with Gasteiger partial charge in [-0.2, -0.15) is 0 Å². The number of carboxylic acid groups (broad SMARTS) is 1. The molecular weight excluding hydrogens is 338 g/mol. The zero-order valence-corrected chi connectivity index (χ0v) is 15.1. The average Bonchev–Trinajstić information content (AvgIpc) is 3.04. The maximum absolute atomic E-state index is 13.4. The Labute approximate surface area is 158 Å². The Balaban J connectivity index is 1.69. The number of para-hydroxylation sites is 1. The van der Waals surface area contributed by atoms with E-state index in [4.69, 9.17) is 0 Å². The summed E-state index contributed by atoms with van der Waals surface area (Å²) < 4.78 is 0. The minimum Gasteiger partial charge on any atom is -0.481 e. The quantitative estimate of drug-likeness (QED) is 0.743. The van der Waals surface area contributed by atoms with Crippen LogP contribution in [0.1, 0.15) is 36.3 Å². The van der Waals surface area contributed by atoms with Crippen LogP contribution in [0.15, 0.2) is 66.7 Å². The molecule has 0 saturated carbocycles. The van der Waals surface area contributed by atoms with Crippen molar-refractivity contribution in [2.24, 2.45) is 0 Å². The van der Waals surface area contributed by atoms with Gasteiger partial charge in [0.15, 0.2) is 0 Å². The highest BCUT2D eigenvalue weighted by Crippen LogP contribution is 2.40. The van der Waals surface area contributed by atoms with E-state index in [0.29, 0.717) is 6.54 Å². The minimum atomic E-state index is -0.841. The number of carboxylic acids is 1. The predicted molar refractivity (Wildman–Crippen MR) is 106 cm³/mol. The van der Waals surface area contributed by atoms with E-state index in [1.165, 1.54) is 0 Å². The molecule has 4 rings (SSSR count). The summed E-state index contributed by atoms with van der Waals surface area (Å²) in [5.74, 6) is -1.31. The summed E-state index contributed by atoms with van der Waals surface area (Å²) in [6.07, 6.45) is 0.0312. The third kappa shape index (κ3) is 3.08. The number of carbonyl (C=O) groups is 2. The van der Waals surface area contributed by atoms with Gasteiger partial charge in [0.2, 0.25) is 5.91 Å². The van der Waals surface area contributed by atoms with Gasteiger partial charge in [-0.15, -0.1) is 0 Å². The number of fused-ring (bicyclic) bond motifs is 2. The van der Waals surface area contributed by atoms with E-state index in [2.05, 4.69) is 0 Å². The second-order valence-corrected chi connectivity index (χ2v) is 7.09. The normalized spacial score (nSPS) is 16.9. The molecule has 2 atom stereocenters. The lowest BCUT2D eigenvalue weighted by Crippen LogP contribution is -2.33. The van der Waals surface area contributed by atoms with Crippen molar-refractivity contribution in [2.45, 2.75) is 25.2 Å². The van der Waals surface area contributed by atoms with Crippen molar-refractivity contribution in [3.63, 3.8) is 0 Å². The molecule has 0 bridgehead atoms. The summed E-state index contributed by atoms with van der Waals surface area (Å²) in [5, 5.41) is 11.4. The average molecular weight is 359 g/mol. The van der Waals surface area contributed by atoms with Gasteiger partial charge >= 0.3 is 5.97 Å². The van der Waals surface area contributed by atoms with E-state index in [9.17, 15) is 14.7 Å². The van der Waals surface area contributed by atoms with Crippen molar-refractivity contribution in [3.8, 4) is 0 Å². The van der Waals surface area contributed by atoms with Gasteiger partial charge in [0.25, 0.3) is 0 Å². The van der Waals surface area contributed by atoms with Crippen molar-refractivity contribution in [3.05, 3.63) is 77.9 Å². The monoisotopic (exact) mass is 359 g/mol. The van der Waals surface area contributed by atoms with E-state index < -0.39 is 5.97 Å². The molecule has 3 aromatic carbocycles. The summed E-state index contributed by atoms with van der Waals surface area (Å²) in [7, 11) is 0. The second kappa shape index (κ2) is 6.88. The van der Waals surface area contributed by atoms with E-state index in [-0.39, 0.29) is 24.2 Å². The lowest BCUT2D eigenvalue weighted by Gasteiger charge is -2.23. The SMILES string of the molecule is CC(C(=O)N1CC(CC(=O)O)c2ccccc21)c1cccc2ccccc12. The Hall–Kier alpha value is -3.14. The Morgan fingerprint density at radius 1 is 1.04 bits per heavy atom. The molecule has 1 amide bonds. The van der Waals surface area contributed by atoms with Crippen molar-refractivity contribution in [2.75, 3.05) is 11.4 Å². The molecule has 0 radical (unpaired) electrons. The van der Waals surface area contributed by atoms with E-state index in [1.807, 2.05) is 73.7 Å². The second-order valence-electron chi connectivity index (χ2n) is 7.09. The van der Waals surface area contributed by atoms with E-state index in [1.54, 1.807) is 4.90 Å². The van der Waals surface area contributed by atoms with Crippen LogP contribution in [-0.2, 0) is 9.59 Å². The van der Waals surface area contributed by atoms with Gasteiger partial charge in [0.05, 0.1) is 12.3 Å². The number of amides is 1. The van der Waals surface area contributed by atoms with Gasteiger partial charge in [-0.1, -0.05) is 60.7 Å². The largest absolute Gasteiger partial charge is 0.481 e. The number of aliphatic carboxylic acids is 1. The number of anilines is 1. The Bertz CT molecular complexity index is 1020. The zero-order valence-electron chi connectivity index (χ0n) is 15.1. The molecule has 2 unspecified atom stereocenters. The van der Waals surface area contributed by atoms with E-state index in [0.717, 1.165) is 27.6 Å². The Morgan fingerprint density at radius 3 is 2.56 bits per heavy atom. The van der Waals surface area contributed by atoms with Crippen LogP contribution in [0.3, 0.4) is 0 Å². The first-order valence-electron chi connectivity index (χ1n) is 9.16. The fourth-order valence-corrected chi connectivity index (χ4v) is 4.08. The number of rotatable bonds is 4. The first kappa shape index (κ1) is 17.3. The van der Waals surface area contributed by atoms with Gasteiger partial charge in [0, 0.05) is 18.2 Å². The zero-order chi connectivity index (χ0) is 19.0. The standard InChI is InChI=1S/C23H21NO3/c1-15(18-11-6-8-16-7-2-3-9-19(16)18)23(27)24-14-17(13-22(25)26)20-10-4-5-12-21(20)24/h2-12,15,17H,13-14H2,1H3,(H,25,26). The Kier molecular flexibility index (Phi) is 4.40. The first-order chi connectivity index (χ1) is 13.1. The van der Waals surface area contributed by atoms with Crippen LogP contribution < -0.4 is 4.90 Å². The third-order valence-corrected chi connectivity index (χ3v) is 5.42. The molecule has 3 aromatic rings. The van der Waals surface area contributed by atoms with Gasteiger partial charge in [-0.3, -0.25) is 9.59 Å². The highest BCUT2D eigenvalue weighted by Gasteiger charge is 2.35. The molecule has 4 heteroatoms. The van der Waals surface area contributed by atoms with Crippen LogP contribution >= 0.6 is 0 Å². The highest BCUT2D eigenvalue weighted by atomic mass is 16.4. The third-order valence-electron chi connectivity index (χ3n) is 5.42. The lowest BCUT2D eigenvalue weighted by atomic mass is 9.93. The molecule has 4 nitrogen and oxygen atoms in total. The van der Waals surface area contributed by atoms with Crippen LogP contribution in [0.4, 0.5) is 5.69 Å². The molecule has 0 aromatic heterocycles. The maximum atomic E-state index is 13.4. The molecule has 0 saturated heterocycles. The number of hydrogen-bond acceptors (Lipinski definition) is 2. The van der Waals surface area contributed by atoms with Crippen LogP contribution in [0.5, 0.6) is 0 Å². The summed E-state index contributed by atoms with van der Waals surface area (Å²) in [4.78, 5) is 26.4. The van der Waals surface area contributed by atoms with Crippen LogP contribution in [-0.4, -0.2) is 23.5 Å². The molecule has 1 N–H and O–H groups in total. The van der Waals surface area contributed by atoms with Crippen LogP contribution in [0, 0.1) is 0 Å². The molecule has 1 aliphatic heterocycles. The van der Waals surface area contributed by atoms with Gasteiger partial charge in [-0.25, -0.2) is 0 Å². The first-order valence-corrected chi connectivity index (χ1v) is 9.16. The van der Waals surface area contributed by atoms with Crippen LogP contribution in [0.25, 0.3) is 10.8 Å². The number of nitrogens with zero attached hydrogens (tertiary/aromatic N) is 1. The molecule has 136 valence electrons. The smallest absolute Gasteiger partial charge is 0.304 e. The molecule has 1 aliphatic rings. The minimum absolute atomic E-state index is 0.00620. The van der Waals surface area contributed by atoms with Gasteiger partial charge in [-0.05, 0) is 34.9 Å². The molecule has 27 heavy (non-hydrogen) atoms. The molecule has 0 aliphatic carbocycles.